The number of hydrogen-bond acceptors (Lipinski definition) is 8. The van der Waals surface area contributed by atoms with Crippen LogP contribution in [0.3, 0.4) is 0 Å². The minimum atomic E-state index is -0.311. The van der Waals surface area contributed by atoms with Crippen LogP contribution in [-0.2, 0) is 9.31 Å². The van der Waals surface area contributed by atoms with Gasteiger partial charge in [0, 0.05) is 70.4 Å². The third-order valence-electron chi connectivity index (χ3n) is 11.4. The molecule has 10 nitrogen and oxygen atoms in total. The Balaban J connectivity index is 0.000000159. The van der Waals surface area contributed by atoms with Gasteiger partial charge in [0.1, 0.15) is 0 Å². The van der Waals surface area contributed by atoms with E-state index in [9.17, 15) is 9.59 Å². The molecule has 2 amide bonds. The van der Waals surface area contributed by atoms with E-state index in [1.54, 1.807) is 28.9 Å². The fourth-order valence-corrected chi connectivity index (χ4v) is 8.88. The SMILES string of the molecule is CC1(C)CCCN(C(=O)c2csc(Br)c2)CC1.Cc1[nH]ncc1-c1cc(C(=O)N2CCCC(C)(C)CC2)cs1.Cc1[nH]ncc1B1OC(C)(C)C(C)(C)O1. The minimum absolute atomic E-state index is 0.168. The quantitative estimate of drug-likeness (QED) is 0.198. The highest BCUT2D eigenvalue weighted by atomic mass is 79.9. The van der Waals surface area contributed by atoms with Gasteiger partial charge in [0.15, 0.2) is 0 Å². The lowest BCUT2D eigenvalue weighted by atomic mass is 9.79. The highest BCUT2D eigenvalue weighted by molar-refractivity contribution is 9.11. The van der Waals surface area contributed by atoms with Crippen LogP contribution in [-0.4, -0.2) is 86.5 Å². The van der Waals surface area contributed by atoms with Crippen LogP contribution in [0.15, 0.2) is 39.1 Å². The van der Waals surface area contributed by atoms with Crippen molar-refractivity contribution in [3.05, 3.63) is 61.6 Å². The first-order valence-electron chi connectivity index (χ1n) is 19.0. The third kappa shape index (κ3) is 10.5. The number of rotatable bonds is 4. The van der Waals surface area contributed by atoms with E-state index in [4.69, 9.17) is 9.31 Å². The number of carbonyl (C=O) groups excluding carboxylic acids is 2. The zero-order valence-electron chi connectivity index (χ0n) is 33.7. The molecule has 3 saturated heterocycles. The molecule has 0 aliphatic carbocycles. The maximum absolute atomic E-state index is 12.7. The molecular formula is C40H58BBrN6O4S2. The molecule has 7 heterocycles. The number of thiophene rings is 2. The van der Waals surface area contributed by atoms with Crippen LogP contribution in [0, 0.1) is 24.7 Å². The summed E-state index contributed by atoms with van der Waals surface area (Å²) >= 11 is 6.59. The molecule has 0 saturated carbocycles. The Bertz CT molecular complexity index is 1860. The molecule has 0 bridgehead atoms. The van der Waals surface area contributed by atoms with Crippen molar-refractivity contribution in [3.8, 4) is 10.4 Å². The smallest absolute Gasteiger partial charge is 0.399 e. The van der Waals surface area contributed by atoms with E-state index >= 15 is 0 Å². The van der Waals surface area contributed by atoms with Crippen molar-refractivity contribution in [2.45, 2.75) is 119 Å². The van der Waals surface area contributed by atoms with Crippen molar-refractivity contribution in [3.63, 3.8) is 0 Å². The average molecular weight is 842 g/mol. The Hall–Kier alpha value is -2.78. The maximum Gasteiger partial charge on any atom is 0.498 e. The van der Waals surface area contributed by atoms with Crippen molar-refractivity contribution in [1.29, 1.82) is 0 Å². The second-order valence-corrected chi connectivity index (χ2v) is 20.6. The van der Waals surface area contributed by atoms with Gasteiger partial charge in [-0.2, -0.15) is 10.2 Å². The summed E-state index contributed by atoms with van der Waals surface area (Å²) in [5, 5.41) is 17.8. The number of aryl methyl sites for hydroxylation is 2. The lowest BCUT2D eigenvalue weighted by Gasteiger charge is -2.32. The molecule has 54 heavy (non-hydrogen) atoms. The predicted molar refractivity (Wildman–Crippen MR) is 225 cm³/mol. The van der Waals surface area contributed by atoms with Gasteiger partial charge < -0.3 is 19.1 Å². The summed E-state index contributed by atoms with van der Waals surface area (Å²) in [5.74, 6) is 0.353. The van der Waals surface area contributed by atoms with E-state index in [1.165, 1.54) is 12.8 Å². The van der Waals surface area contributed by atoms with E-state index in [-0.39, 0.29) is 30.1 Å². The number of aromatic amines is 2. The van der Waals surface area contributed by atoms with Crippen LogP contribution in [0.1, 0.15) is 126 Å². The summed E-state index contributed by atoms with van der Waals surface area (Å²) in [6.07, 6.45) is 10.4. The van der Waals surface area contributed by atoms with Gasteiger partial charge in [-0.05, 0) is 119 Å². The van der Waals surface area contributed by atoms with Crippen LogP contribution < -0.4 is 5.46 Å². The number of nitrogens with one attached hydrogen (secondary N) is 2. The molecular weight excluding hydrogens is 783 g/mol. The van der Waals surface area contributed by atoms with Gasteiger partial charge in [-0.25, -0.2) is 0 Å². The van der Waals surface area contributed by atoms with Crippen molar-refractivity contribution in [2.24, 2.45) is 10.8 Å². The summed E-state index contributed by atoms with van der Waals surface area (Å²) in [4.78, 5) is 30.2. The Morgan fingerprint density at radius 1 is 0.722 bits per heavy atom. The van der Waals surface area contributed by atoms with Gasteiger partial charge in [-0.3, -0.25) is 19.8 Å². The predicted octanol–water partition coefficient (Wildman–Crippen LogP) is 9.28. The summed E-state index contributed by atoms with van der Waals surface area (Å²) in [7, 11) is -0.311. The first-order valence-corrected chi connectivity index (χ1v) is 21.6. The number of H-pyrrole nitrogens is 2. The fraction of sp³-hybridized carbons (Fsp3) is 0.600. The zero-order chi connectivity index (χ0) is 39.5. The van der Waals surface area contributed by atoms with Gasteiger partial charge >= 0.3 is 7.12 Å². The van der Waals surface area contributed by atoms with Crippen LogP contribution >= 0.6 is 38.6 Å². The van der Waals surface area contributed by atoms with E-state index in [1.807, 2.05) is 80.4 Å². The number of hydrogen-bond donors (Lipinski definition) is 2. The topological polar surface area (TPSA) is 116 Å². The molecule has 4 aromatic rings. The molecule has 3 aliphatic rings. The molecule has 3 aliphatic heterocycles. The molecule has 0 spiro atoms. The number of aromatic nitrogens is 4. The van der Waals surface area contributed by atoms with Crippen LogP contribution in [0.4, 0.5) is 0 Å². The molecule has 7 rings (SSSR count). The summed E-state index contributed by atoms with van der Waals surface area (Å²) in [6, 6.07) is 3.92. The van der Waals surface area contributed by atoms with Gasteiger partial charge in [0.05, 0.1) is 32.3 Å². The first-order chi connectivity index (χ1) is 25.3. The molecule has 0 radical (unpaired) electrons. The monoisotopic (exact) mass is 840 g/mol. The van der Waals surface area contributed by atoms with E-state index in [2.05, 4.69) is 64.0 Å². The standard InChI is InChI=1S/C17H23N3OS.C13H18BrNOS.C10H17BN2O2/c1-12-14(10-18-19-12)15-9-13(11-22-15)16(21)20-7-4-5-17(2,3)6-8-20;1-13(2)4-3-6-15(7-5-13)12(16)10-8-11(14)17-9-10;1-7-8(6-12-13-7)11-14-9(2,3)10(4,5)15-11/h9-11H,4-8H2,1-3H3,(H,18,19);8-9H,3-7H2,1-2H3;6H,1-5H3,(H,12,13). The van der Waals surface area contributed by atoms with E-state index in [0.717, 1.165) is 94.1 Å². The largest absolute Gasteiger partial charge is 0.498 e. The van der Waals surface area contributed by atoms with Crippen LogP contribution in [0.5, 0.6) is 0 Å². The second kappa shape index (κ2) is 17.2. The lowest BCUT2D eigenvalue weighted by molar-refractivity contribution is 0.00578. The Kier molecular flexibility index (Phi) is 13.5. The van der Waals surface area contributed by atoms with Gasteiger partial charge in [0.2, 0.25) is 0 Å². The van der Waals surface area contributed by atoms with Crippen molar-refractivity contribution in [1.82, 2.24) is 30.2 Å². The number of nitrogens with zero attached hydrogens (tertiary/aromatic N) is 4. The maximum atomic E-state index is 12.7. The number of carbonyl (C=O) groups is 2. The Morgan fingerprint density at radius 2 is 1.22 bits per heavy atom. The van der Waals surface area contributed by atoms with Crippen molar-refractivity contribution < 1.29 is 18.9 Å². The van der Waals surface area contributed by atoms with E-state index in [0.29, 0.717) is 10.8 Å². The Labute approximate surface area is 338 Å². The van der Waals surface area contributed by atoms with Crippen molar-refractivity contribution >= 4 is 63.0 Å². The average Bonchev–Trinajstić information content (AvgIpc) is 3.91. The third-order valence-corrected chi connectivity index (χ3v) is 13.9. The number of amides is 2. The first kappa shape index (κ1) is 42.4. The normalized spacial score (nSPS) is 20.2. The molecule has 0 aromatic carbocycles. The second-order valence-electron chi connectivity index (χ2n) is 17.4. The fourth-order valence-electron chi connectivity index (χ4n) is 6.80. The molecule has 14 heteroatoms. The summed E-state index contributed by atoms with van der Waals surface area (Å²) < 4.78 is 12.8. The molecule has 294 valence electrons. The molecule has 0 unspecified atom stereocenters. The number of halogens is 1. The van der Waals surface area contributed by atoms with Gasteiger partial charge in [0.25, 0.3) is 11.8 Å². The lowest BCUT2D eigenvalue weighted by Crippen LogP contribution is -2.41. The minimum Gasteiger partial charge on any atom is -0.399 e. The molecule has 4 aromatic heterocycles. The molecule has 0 atom stereocenters. The van der Waals surface area contributed by atoms with Gasteiger partial charge in [-0.1, -0.05) is 27.7 Å². The Morgan fingerprint density at radius 3 is 1.69 bits per heavy atom. The molecule has 3 fully saturated rings. The van der Waals surface area contributed by atoms with E-state index < -0.39 is 0 Å². The highest BCUT2D eigenvalue weighted by Gasteiger charge is 2.52. The summed E-state index contributed by atoms with van der Waals surface area (Å²) in [5.41, 5.74) is 5.87. The van der Waals surface area contributed by atoms with Gasteiger partial charge in [-0.15, -0.1) is 22.7 Å². The van der Waals surface area contributed by atoms with Crippen LogP contribution in [0.2, 0.25) is 0 Å². The van der Waals surface area contributed by atoms with Crippen LogP contribution in [0.25, 0.3) is 10.4 Å². The van der Waals surface area contributed by atoms with Crippen molar-refractivity contribution in [2.75, 3.05) is 26.2 Å². The zero-order valence-corrected chi connectivity index (χ0v) is 36.9. The number of likely N-dealkylation sites (tertiary alicyclic amines) is 2. The summed E-state index contributed by atoms with van der Waals surface area (Å²) in [6.45, 7) is 24.8. The molecule has 2 N–H and O–H groups in total. The highest BCUT2D eigenvalue weighted by Crippen LogP contribution is 2.37.